The Balaban J connectivity index is 1.57. The average Bonchev–Trinajstić information content (AvgIpc) is 2.78. The summed E-state index contributed by atoms with van der Waals surface area (Å²) in [6, 6.07) is 8.43. The molecule has 0 spiro atoms. The van der Waals surface area contributed by atoms with E-state index in [0.29, 0.717) is 0 Å². The number of carbonyl (C=O) groups is 2. The Morgan fingerprint density at radius 3 is 2.33 bits per heavy atom. The molecule has 0 radical (unpaired) electrons. The maximum atomic E-state index is 12.9. The van der Waals surface area contributed by atoms with Gasteiger partial charge in [0.1, 0.15) is 0 Å². The molecular formula is C21H23ClN4O6S. The van der Waals surface area contributed by atoms with Crippen LogP contribution in [0.3, 0.4) is 0 Å². The van der Waals surface area contributed by atoms with Gasteiger partial charge in [-0.1, -0.05) is 17.7 Å². The van der Waals surface area contributed by atoms with Crippen molar-refractivity contribution in [1.82, 2.24) is 14.5 Å². The second-order valence-corrected chi connectivity index (χ2v) is 10.0. The molecule has 1 fully saturated rings. The normalized spacial score (nSPS) is 14.7. The number of rotatable bonds is 6. The molecule has 0 aromatic heterocycles. The van der Waals surface area contributed by atoms with Gasteiger partial charge in [-0.2, -0.15) is 4.31 Å². The first kappa shape index (κ1) is 24.6. The number of hydrogen-bond acceptors (Lipinski definition) is 6. The second-order valence-electron chi connectivity index (χ2n) is 7.67. The van der Waals surface area contributed by atoms with Crippen LogP contribution in [-0.4, -0.2) is 67.1 Å². The Kier molecular flexibility index (Phi) is 7.35. The molecular weight excluding hydrogens is 472 g/mol. The molecule has 0 saturated carbocycles. The zero-order valence-electron chi connectivity index (χ0n) is 18.1. The van der Waals surface area contributed by atoms with Crippen LogP contribution in [0.1, 0.15) is 21.5 Å². The highest BCUT2D eigenvalue weighted by Crippen LogP contribution is 2.22. The molecule has 1 heterocycles. The van der Waals surface area contributed by atoms with E-state index in [-0.39, 0.29) is 59.8 Å². The molecule has 33 heavy (non-hydrogen) atoms. The van der Waals surface area contributed by atoms with E-state index < -0.39 is 20.9 Å². The predicted octanol–water partition coefficient (Wildman–Crippen LogP) is 2.13. The summed E-state index contributed by atoms with van der Waals surface area (Å²) in [6.45, 7) is 4.06. The van der Waals surface area contributed by atoms with Crippen molar-refractivity contribution < 1.29 is 22.9 Å². The summed E-state index contributed by atoms with van der Waals surface area (Å²) in [4.78, 5) is 36.7. The number of aryl methyl sites for hydroxylation is 2. The van der Waals surface area contributed by atoms with Gasteiger partial charge in [-0.15, -0.1) is 0 Å². The van der Waals surface area contributed by atoms with E-state index in [2.05, 4.69) is 5.32 Å². The number of carbonyl (C=O) groups excluding carboxylic acids is 2. The van der Waals surface area contributed by atoms with Crippen LogP contribution < -0.4 is 5.32 Å². The number of nitro groups is 1. The van der Waals surface area contributed by atoms with Crippen molar-refractivity contribution in [2.45, 2.75) is 18.7 Å². The SMILES string of the molecule is Cc1ccc(S(=O)(=O)N2CCN(C(=O)CNC(=O)c3cc(Cl)cc([N+](=O)[O-])c3)CC2)cc1C. The van der Waals surface area contributed by atoms with Crippen LogP contribution >= 0.6 is 11.6 Å². The molecule has 2 aromatic rings. The van der Waals surface area contributed by atoms with Crippen LogP contribution in [0.25, 0.3) is 0 Å². The van der Waals surface area contributed by atoms with Crippen LogP contribution in [0.2, 0.25) is 5.02 Å². The van der Waals surface area contributed by atoms with E-state index in [1.54, 1.807) is 18.2 Å². The lowest BCUT2D eigenvalue weighted by Gasteiger charge is -2.34. The van der Waals surface area contributed by atoms with Crippen molar-refractivity contribution in [3.8, 4) is 0 Å². The number of nitrogens with zero attached hydrogens (tertiary/aromatic N) is 3. The maximum Gasteiger partial charge on any atom is 0.271 e. The minimum Gasteiger partial charge on any atom is -0.343 e. The molecule has 1 N–H and O–H groups in total. The van der Waals surface area contributed by atoms with Crippen LogP contribution in [0.15, 0.2) is 41.3 Å². The van der Waals surface area contributed by atoms with Gasteiger partial charge in [-0.25, -0.2) is 8.42 Å². The Labute approximate surface area is 196 Å². The monoisotopic (exact) mass is 494 g/mol. The summed E-state index contributed by atoms with van der Waals surface area (Å²) in [5.41, 5.74) is 1.51. The van der Waals surface area contributed by atoms with Crippen LogP contribution in [-0.2, 0) is 14.8 Å². The maximum absolute atomic E-state index is 12.9. The number of non-ortho nitro benzene ring substituents is 1. The molecule has 0 atom stereocenters. The molecule has 0 unspecified atom stereocenters. The van der Waals surface area contributed by atoms with Crippen LogP contribution in [0, 0.1) is 24.0 Å². The second kappa shape index (κ2) is 9.86. The van der Waals surface area contributed by atoms with E-state index in [9.17, 15) is 28.1 Å². The highest BCUT2D eigenvalue weighted by molar-refractivity contribution is 7.89. The molecule has 12 heteroatoms. The minimum absolute atomic E-state index is 0.0294. The zero-order chi connectivity index (χ0) is 24.3. The Morgan fingerprint density at radius 2 is 1.73 bits per heavy atom. The molecule has 0 aliphatic carbocycles. The lowest BCUT2D eigenvalue weighted by Crippen LogP contribution is -2.52. The highest BCUT2D eigenvalue weighted by atomic mass is 35.5. The third-order valence-corrected chi connectivity index (χ3v) is 7.58. The van der Waals surface area contributed by atoms with Gasteiger partial charge in [-0.3, -0.25) is 19.7 Å². The van der Waals surface area contributed by atoms with Gasteiger partial charge in [0.2, 0.25) is 15.9 Å². The fourth-order valence-electron chi connectivity index (χ4n) is 3.38. The molecule has 1 aliphatic rings. The predicted molar refractivity (Wildman–Crippen MR) is 122 cm³/mol. The molecule has 0 bridgehead atoms. The number of nitro benzene ring substituents is 1. The Bertz CT molecular complexity index is 1210. The first-order valence-corrected chi connectivity index (χ1v) is 11.9. The van der Waals surface area contributed by atoms with E-state index in [1.165, 1.54) is 15.3 Å². The third-order valence-electron chi connectivity index (χ3n) is 5.46. The first-order valence-electron chi connectivity index (χ1n) is 10.1. The summed E-state index contributed by atoms with van der Waals surface area (Å²) in [6.07, 6.45) is 0. The van der Waals surface area contributed by atoms with Gasteiger partial charge >= 0.3 is 0 Å². The number of piperazine rings is 1. The van der Waals surface area contributed by atoms with E-state index in [4.69, 9.17) is 11.6 Å². The topological polar surface area (TPSA) is 130 Å². The van der Waals surface area contributed by atoms with Gasteiger partial charge in [0.05, 0.1) is 16.4 Å². The summed E-state index contributed by atoms with van der Waals surface area (Å²) in [5, 5.41) is 13.4. The quantitative estimate of drug-likeness (QED) is 0.483. The lowest BCUT2D eigenvalue weighted by molar-refractivity contribution is -0.384. The molecule has 2 aromatic carbocycles. The van der Waals surface area contributed by atoms with Gasteiger partial charge in [0.15, 0.2) is 0 Å². The Morgan fingerprint density at radius 1 is 1.06 bits per heavy atom. The van der Waals surface area contributed by atoms with Gasteiger partial charge in [-0.05, 0) is 43.2 Å². The third kappa shape index (κ3) is 5.67. The molecule has 3 rings (SSSR count). The lowest BCUT2D eigenvalue weighted by atomic mass is 10.1. The van der Waals surface area contributed by atoms with Crippen LogP contribution in [0.5, 0.6) is 0 Å². The highest BCUT2D eigenvalue weighted by Gasteiger charge is 2.30. The number of halogens is 1. The van der Waals surface area contributed by atoms with Gasteiger partial charge in [0.25, 0.3) is 11.6 Å². The fourth-order valence-corrected chi connectivity index (χ4v) is 5.12. The number of hydrogen-bond donors (Lipinski definition) is 1. The van der Waals surface area contributed by atoms with Crippen molar-refractivity contribution in [2.24, 2.45) is 0 Å². The largest absolute Gasteiger partial charge is 0.343 e. The van der Waals surface area contributed by atoms with E-state index in [0.717, 1.165) is 23.3 Å². The van der Waals surface area contributed by atoms with Crippen molar-refractivity contribution in [3.63, 3.8) is 0 Å². The molecule has 10 nitrogen and oxygen atoms in total. The molecule has 176 valence electrons. The number of nitrogens with one attached hydrogen (secondary N) is 1. The van der Waals surface area contributed by atoms with Gasteiger partial charge in [0, 0.05) is 48.9 Å². The summed E-state index contributed by atoms with van der Waals surface area (Å²) in [5.74, 6) is -1.06. The Hall–Kier alpha value is -3.02. The molecule has 1 aliphatic heterocycles. The number of sulfonamides is 1. The van der Waals surface area contributed by atoms with Crippen LogP contribution in [0.4, 0.5) is 5.69 Å². The summed E-state index contributed by atoms with van der Waals surface area (Å²) < 4.78 is 27.2. The summed E-state index contributed by atoms with van der Waals surface area (Å²) in [7, 11) is -3.67. The fraction of sp³-hybridized carbons (Fsp3) is 0.333. The molecule has 1 saturated heterocycles. The van der Waals surface area contributed by atoms with E-state index >= 15 is 0 Å². The molecule has 2 amide bonds. The first-order chi connectivity index (χ1) is 15.5. The number of benzene rings is 2. The van der Waals surface area contributed by atoms with Crippen molar-refractivity contribution >= 4 is 39.1 Å². The zero-order valence-corrected chi connectivity index (χ0v) is 19.6. The smallest absolute Gasteiger partial charge is 0.271 e. The summed E-state index contributed by atoms with van der Waals surface area (Å²) >= 11 is 5.82. The number of amides is 2. The van der Waals surface area contributed by atoms with Crippen molar-refractivity contribution in [2.75, 3.05) is 32.7 Å². The van der Waals surface area contributed by atoms with Gasteiger partial charge < -0.3 is 10.2 Å². The van der Waals surface area contributed by atoms with Crippen molar-refractivity contribution in [1.29, 1.82) is 0 Å². The average molecular weight is 495 g/mol. The van der Waals surface area contributed by atoms with Crippen molar-refractivity contribution in [3.05, 3.63) is 68.2 Å². The minimum atomic E-state index is -3.67. The standard InChI is InChI=1S/C21H23ClN4O6S/c1-14-3-4-19(9-15(14)2)33(31,32)25-7-5-24(6-8-25)20(27)13-23-21(28)16-10-17(22)12-18(11-16)26(29)30/h3-4,9-12H,5-8,13H2,1-2H3,(H,23,28). The van der Waals surface area contributed by atoms with E-state index in [1.807, 2.05) is 13.8 Å².